The molecule has 0 unspecified atom stereocenters. The maximum Gasteiger partial charge on any atom is 0.277 e. The van der Waals surface area contributed by atoms with Crippen LogP contribution < -0.4 is 16.2 Å². The number of carbonyl (C=O) groups is 2. The van der Waals surface area contributed by atoms with Gasteiger partial charge in [0.25, 0.3) is 5.56 Å². The molecule has 150 valence electrons. The molecule has 0 saturated heterocycles. The van der Waals surface area contributed by atoms with Crippen molar-refractivity contribution in [3.8, 4) is 0 Å². The van der Waals surface area contributed by atoms with Gasteiger partial charge in [-0.05, 0) is 44.0 Å². The van der Waals surface area contributed by atoms with E-state index in [1.165, 1.54) is 0 Å². The predicted molar refractivity (Wildman–Crippen MR) is 111 cm³/mol. The summed E-state index contributed by atoms with van der Waals surface area (Å²) >= 11 is 0. The number of amides is 2. The molecule has 0 bridgehead atoms. The smallest absolute Gasteiger partial charge is 0.277 e. The van der Waals surface area contributed by atoms with E-state index in [4.69, 9.17) is 0 Å². The number of aryl methyl sites for hydroxylation is 4. The molecule has 8 nitrogen and oxygen atoms in total. The zero-order valence-corrected chi connectivity index (χ0v) is 16.7. The number of aromatic nitrogens is 3. The lowest BCUT2D eigenvalue weighted by Crippen LogP contribution is -2.34. The third kappa shape index (κ3) is 4.84. The van der Waals surface area contributed by atoms with Gasteiger partial charge in [0.15, 0.2) is 0 Å². The molecule has 29 heavy (non-hydrogen) atoms. The second-order valence-corrected chi connectivity index (χ2v) is 6.98. The molecule has 0 saturated carbocycles. The molecule has 2 aromatic carbocycles. The Kier molecular flexibility index (Phi) is 6.01. The highest BCUT2D eigenvalue weighted by Crippen LogP contribution is 2.21. The van der Waals surface area contributed by atoms with Crippen molar-refractivity contribution < 1.29 is 9.59 Å². The normalized spacial score (nSPS) is 10.7. The molecule has 0 aliphatic rings. The summed E-state index contributed by atoms with van der Waals surface area (Å²) in [7, 11) is 0. The summed E-state index contributed by atoms with van der Waals surface area (Å²) in [5.41, 5.74) is 4.03. The first-order chi connectivity index (χ1) is 13.8. The average molecular weight is 393 g/mol. The number of rotatable bonds is 6. The van der Waals surface area contributed by atoms with Crippen molar-refractivity contribution in [3.05, 3.63) is 63.4 Å². The minimum Gasteiger partial charge on any atom is -0.347 e. The van der Waals surface area contributed by atoms with Crippen LogP contribution in [0.25, 0.3) is 10.9 Å². The van der Waals surface area contributed by atoms with E-state index in [9.17, 15) is 14.4 Å². The Balaban J connectivity index is 1.53. The lowest BCUT2D eigenvalue weighted by Gasteiger charge is -2.13. The molecule has 2 N–H and O–H groups in total. The van der Waals surface area contributed by atoms with Gasteiger partial charge in [-0.1, -0.05) is 35.0 Å². The summed E-state index contributed by atoms with van der Waals surface area (Å²) in [6, 6.07) is 10.9. The molecule has 1 heterocycles. The van der Waals surface area contributed by atoms with Crippen LogP contribution in [0.1, 0.15) is 23.1 Å². The van der Waals surface area contributed by atoms with Gasteiger partial charge < -0.3 is 10.6 Å². The molecule has 1 aromatic heterocycles. The van der Waals surface area contributed by atoms with Crippen molar-refractivity contribution >= 4 is 28.4 Å². The summed E-state index contributed by atoms with van der Waals surface area (Å²) in [4.78, 5) is 36.6. The van der Waals surface area contributed by atoms with Crippen LogP contribution in [0.4, 0.5) is 5.69 Å². The van der Waals surface area contributed by atoms with Gasteiger partial charge in [0, 0.05) is 12.1 Å². The summed E-state index contributed by atoms with van der Waals surface area (Å²) in [6.45, 7) is 5.79. The molecule has 0 spiro atoms. The summed E-state index contributed by atoms with van der Waals surface area (Å²) in [6.07, 6.45) is 0.0167. The molecule has 0 atom stereocenters. The molecular weight excluding hydrogens is 370 g/mol. The van der Waals surface area contributed by atoms with Crippen LogP contribution in [0, 0.1) is 20.8 Å². The number of nitrogens with zero attached hydrogens (tertiary/aromatic N) is 3. The summed E-state index contributed by atoms with van der Waals surface area (Å²) in [5, 5.41) is 13.7. The van der Waals surface area contributed by atoms with Crippen LogP contribution in [-0.4, -0.2) is 33.4 Å². The molecule has 0 fully saturated rings. The third-order valence-corrected chi connectivity index (χ3v) is 4.57. The molecule has 3 aromatic rings. The SMILES string of the molecule is Cc1cc(C)c(NC(=O)CNC(=O)CCn2nnc3ccccc3c2=O)c(C)c1. The first kappa shape index (κ1) is 20.2. The maximum absolute atomic E-state index is 12.4. The monoisotopic (exact) mass is 393 g/mol. The number of carbonyl (C=O) groups excluding carboxylic acids is 2. The first-order valence-electron chi connectivity index (χ1n) is 9.32. The van der Waals surface area contributed by atoms with Crippen molar-refractivity contribution in [2.45, 2.75) is 33.7 Å². The average Bonchev–Trinajstić information content (AvgIpc) is 2.69. The van der Waals surface area contributed by atoms with Crippen LogP contribution in [-0.2, 0) is 16.1 Å². The molecule has 0 aliphatic carbocycles. The molecule has 2 amide bonds. The van der Waals surface area contributed by atoms with E-state index in [1.54, 1.807) is 24.3 Å². The standard InChI is InChI=1S/C21H23N5O3/c1-13-10-14(2)20(15(3)11-13)23-19(28)12-22-18(27)8-9-26-21(29)16-6-4-5-7-17(16)24-25-26/h4-7,10-11H,8-9,12H2,1-3H3,(H,22,27)(H,23,28). The summed E-state index contributed by atoms with van der Waals surface area (Å²) < 4.78 is 1.15. The third-order valence-electron chi connectivity index (χ3n) is 4.57. The van der Waals surface area contributed by atoms with Crippen molar-refractivity contribution in [3.63, 3.8) is 0 Å². The lowest BCUT2D eigenvalue weighted by atomic mass is 10.1. The van der Waals surface area contributed by atoms with E-state index in [1.807, 2.05) is 32.9 Å². The second kappa shape index (κ2) is 8.64. The van der Waals surface area contributed by atoms with Crippen molar-refractivity contribution in [2.24, 2.45) is 0 Å². The molecule has 0 radical (unpaired) electrons. The molecule has 3 rings (SSSR count). The Morgan fingerprint density at radius 3 is 2.45 bits per heavy atom. The minimum absolute atomic E-state index is 0.0167. The van der Waals surface area contributed by atoms with Crippen molar-refractivity contribution in [2.75, 3.05) is 11.9 Å². The van der Waals surface area contributed by atoms with E-state index in [2.05, 4.69) is 20.9 Å². The van der Waals surface area contributed by atoms with Crippen molar-refractivity contribution in [1.29, 1.82) is 0 Å². The zero-order chi connectivity index (χ0) is 21.0. The Morgan fingerprint density at radius 2 is 1.72 bits per heavy atom. The maximum atomic E-state index is 12.4. The zero-order valence-electron chi connectivity index (χ0n) is 16.7. The highest BCUT2D eigenvalue weighted by molar-refractivity contribution is 5.95. The molecule has 0 aliphatic heterocycles. The van der Waals surface area contributed by atoms with Crippen LogP contribution in [0.5, 0.6) is 0 Å². The lowest BCUT2D eigenvalue weighted by molar-refractivity contribution is -0.124. The minimum atomic E-state index is -0.348. The van der Waals surface area contributed by atoms with E-state index in [0.717, 1.165) is 27.1 Å². The number of hydrogen-bond acceptors (Lipinski definition) is 5. The number of fused-ring (bicyclic) bond motifs is 1. The van der Waals surface area contributed by atoms with Gasteiger partial charge in [-0.15, -0.1) is 5.10 Å². The van der Waals surface area contributed by atoms with Gasteiger partial charge in [-0.25, -0.2) is 4.68 Å². The van der Waals surface area contributed by atoms with Gasteiger partial charge in [0.1, 0.15) is 5.52 Å². The molecule has 8 heteroatoms. The fourth-order valence-electron chi connectivity index (χ4n) is 3.21. The van der Waals surface area contributed by atoms with Crippen LogP contribution in [0.3, 0.4) is 0 Å². The fraction of sp³-hybridized carbons (Fsp3) is 0.286. The number of nitrogens with one attached hydrogen (secondary N) is 2. The largest absolute Gasteiger partial charge is 0.347 e. The first-order valence-corrected chi connectivity index (χ1v) is 9.32. The van der Waals surface area contributed by atoms with Gasteiger partial charge in [0.05, 0.1) is 18.5 Å². The van der Waals surface area contributed by atoms with Gasteiger partial charge in [0.2, 0.25) is 11.8 Å². The molecular formula is C21H23N5O3. The number of hydrogen-bond donors (Lipinski definition) is 2. The van der Waals surface area contributed by atoms with Crippen molar-refractivity contribution in [1.82, 2.24) is 20.3 Å². The van der Waals surface area contributed by atoms with Crippen LogP contribution in [0.15, 0.2) is 41.2 Å². The topological polar surface area (TPSA) is 106 Å². The van der Waals surface area contributed by atoms with E-state index in [-0.39, 0.29) is 36.9 Å². The highest BCUT2D eigenvalue weighted by atomic mass is 16.2. The second-order valence-electron chi connectivity index (χ2n) is 6.98. The quantitative estimate of drug-likeness (QED) is 0.665. The van der Waals surface area contributed by atoms with Gasteiger partial charge in [-0.3, -0.25) is 14.4 Å². The Bertz CT molecular complexity index is 1110. The summed E-state index contributed by atoms with van der Waals surface area (Å²) in [5.74, 6) is -0.657. The predicted octanol–water partition coefficient (Wildman–Crippen LogP) is 1.86. The van der Waals surface area contributed by atoms with Gasteiger partial charge >= 0.3 is 0 Å². The Labute approximate surface area is 167 Å². The number of anilines is 1. The van der Waals surface area contributed by atoms with E-state index < -0.39 is 0 Å². The highest BCUT2D eigenvalue weighted by Gasteiger charge is 2.11. The van der Waals surface area contributed by atoms with E-state index >= 15 is 0 Å². The fourth-order valence-corrected chi connectivity index (χ4v) is 3.21. The van der Waals surface area contributed by atoms with Crippen LogP contribution in [0.2, 0.25) is 0 Å². The Morgan fingerprint density at radius 1 is 1.03 bits per heavy atom. The van der Waals surface area contributed by atoms with Gasteiger partial charge in [-0.2, -0.15) is 0 Å². The van der Waals surface area contributed by atoms with E-state index in [0.29, 0.717) is 10.9 Å². The van der Waals surface area contributed by atoms with Crippen LogP contribution >= 0.6 is 0 Å². The number of benzene rings is 2. The Hall–Kier alpha value is -3.55.